The molecule has 0 N–H and O–H groups in total. The minimum Gasteiger partial charge on any atom is -0.116 e. The Morgan fingerprint density at radius 2 is 2.44 bits per heavy atom. The van der Waals surface area contributed by atoms with Gasteiger partial charge in [-0.3, -0.25) is 0 Å². The second-order valence-electron chi connectivity index (χ2n) is 3.00. The number of fused-ring (bicyclic) bond motifs is 1. The maximum Gasteiger partial charge on any atom is 0.00493 e. The van der Waals surface area contributed by atoms with Crippen molar-refractivity contribution in [2.45, 2.75) is 20.3 Å². The van der Waals surface area contributed by atoms with Crippen LogP contribution < -0.4 is 0 Å². The third kappa shape index (κ3) is 0.489. The lowest BCUT2D eigenvalue weighted by Gasteiger charge is -2.08. The summed E-state index contributed by atoms with van der Waals surface area (Å²) in [4.78, 5) is 0. The molecule has 9 heavy (non-hydrogen) atoms. The molecule has 0 aliphatic heterocycles. The molecule has 1 unspecified atom stereocenters. The summed E-state index contributed by atoms with van der Waals surface area (Å²) >= 11 is 0. The molecule has 0 saturated heterocycles. The zero-order chi connectivity index (χ0) is 6.43. The van der Waals surface area contributed by atoms with Gasteiger partial charge in [0.15, 0.2) is 0 Å². The smallest absolute Gasteiger partial charge is 0.00493 e. The van der Waals surface area contributed by atoms with Crippen LogP contribution in [-0.4, -0.2) is 0 Å². The third-order valence-corrected chi connectivity index (χ3v) is 2.23. The van der Waals surface area contributed by atoms with Crippen molar-refractivity contribution < 1.29 is 0 Å². The lowest BCUT2D eigenvalue weighted by atomic mass is 9.95. The van der Waals surface area contributed by atoms with Gasteiger partial charge in [0.05, 0.1) is 0 Å². The largest absolute Gasteiger partial charge is 0.116 e. The molecule has 1 atom stereocenters. The maximum absolute atomic E-state index is 3.22. The predicted molar refractivity (Wildman–Crippen MR) is 38.1 cm³/mol. The van der Waals surface area contributed by atoms with Gasteiger partial charge >= 0.3 is 0 Å². The molecule has 0 heteroatoms. The fourth-order valence-electron chi connectivity index (χ4n) is 1.66. The Kier molecular flexibility index (Phi) is 0.789. The molecule has 46 valence electrons. The molecule has 0 aromatic heterocycles. The van der Waals surface area contributed by atoms with E-state index in [2.05, 4.69) is 25.7 Å². The van der Waals surface area contributed by atoms with Crippen molar-refractivity contribution in [2.24, 2.45) is 5.92 Å². The summed E-state index contributed by atoms with van der Waals surface area (Å²) in [6, 6.07) is 0. The molecule has 0 amide bonds. The lowest BCUT2D eigenvalue weighted by Crippen LogP contribution is -1.94. The first-order chi connectivity index (χ1) is 4.29. The Labute approximate surface area is 55.6 Å². The van der Waals surface area contributed by atoms with Crippen LogP contribution in [0, 0.1) is 5.92 Å². The summed E-state index contributed by atoms with van der Waals surface area (Å²) in [5.41, 5.74) is 7.73. The zero-order valence-corrected chi connectivity index (χ0v) is 5.86. The van der Waals surface area contributed by atoms with Gasteiger partial charge in [-0.2, -0.15) is 0 Å². The van der Waals surface area contributed by atoms with Gasteiger partial charge in [0.1, 0.15) is 0 Å². The average Bonchev–Trinajstić information content (AvgIpc) is 1.73. The second kappa shape index (κ2) is 1.40. The van der Waals surface area contributed by atoms with Crippen LogP contribution in [0.4, 0.5) is 0 Å². The van der Waals surface area contributed by atoms with Crippen LogP contribution in [-0.2, 0) is 0 Å². The van der Waals surface area contributed by atoms with Gasteiger partial charge in [-0.1, -0.05) is 12.5 Å². The predicted octanol–water partition coefficient (Wildman–Crippen LogP) is 2.44. The Morgan fingerprint density at radius 3 is 2.67 bits per heavy atom. The van der Waals surface area contributed by atoms with Gasteiger partial charge in [0, 0.05) is 5.57 Å². The second-order valence-corrected chi connectivity index (χ2v) is 3.00. The lowest BCUT2D eigenvalue weighted by molar-refractivity contribution is 0.721. The fourth-order valence-corrected chi connectivity index (χ4v) is 1.66. The molecule has 0 spiro atoms. The molecule has 0 aromatic carbocycles. The van der Waals surface area contributed by atoms with E-state index in [1.165, 1.54) is 17.6 Å². The Balaban J connectivity index is 2.48. The molecule has 0 aromatic rings. The van der Waals surface area contributed by atoms with E-state index in [0.717, 1.165) is 5.92 Å². The minimum absolute atomic E-state index is 0.755. The van der Waals surface area contributed by atoms with Crippen molar-refractivity contribution in [2.75, 3.05) is 0 Å². The minimum atomic E-state index is 0.755. The summed E-state index contributed by atoms with van der Waals surface area (Å²) in [5, 5.41) is 0. The van der Waals surface area contributed by atoms with Crippen molar-refractivity contribution >= 4 is 0 Å². The molecule has 2 rings (SSSR count). The van der Waals surface area contributed by atoms with Crippen LogP contribution in [0.25, 0.3) is 0 Å². The number of rotatable bonds is 0. The molecule has 0 radical (unpaired) electrons. The first kappa shape index (κ1) is 5.08. The maximum atomic E-state index is 3.22. The summed E-state index contributed by atoms with van der Waals surface area (Å²) in [5.74, 6) is 0.755. The van der Waals surface area contributed by atoms with E-state index in [0.29, 0.717) is 0 Å². The van der Waals surface area contributed by atoms with Gasteiger partial charge in [-0.15, -0.1) is 5.73 Å². The van der Waals surface area contributed by atoms with Crippen LogP contribution >= 0.6 is 0 Å². The van der Waals surface area contributed by atoms with Crippen LogP contribution in [0.15, 0.2) is 28.5 Å². The number of hydrogen-bond donors (Lipinski definition) is 0. The van der Waals surface area contributed by atoms with Gasteiger partial charge in [0.2, 0.25) is 0 Å². The SMILES string of the molecule is CC1=C2C=C=C2C(C)C1. The van der Waals surface area contributed by atoms with Gasteiger partial charge < -0.3 is 0 Å². The molecule has 2 aliphatic rings. The molecule has 0 heterocycles. The standard InChI is InChI=1S/C9H10/c1-6-5-7(2)9-4-3-8(6)9/h3,7H,5H2,1-2H3. The highest BCUT2D eigenvalue weighted by atomic mass is 14.3. The van der Waals surface area contributed by atoms with Crippen LogP contribution in [0.5, 0.6) is 0 Å². The van der Waals surface area contributed by atoms with Crippen molar-refractivity contribution in [3.8, 4) is 0 Å². The monoisotopic (exact) mass is 118 g/mol. The van der Waals surface area contributed by atoms with Crippen molar-refractivity contribution in [3.63, 3.8) is 0 Å². The van der Waals surface area contributed by atoms with E-state index in [4.69, 9.17) is 0 Å². The van der Waals surface area contributed by atoms with Crippen molar-refractivity contribution in [1.82, 2.24) is 0 Å². The van der Waals surface area contributed by atoms with E-state index in [9.17, 15) is 0 Å². The Bertz CT molecular complexity index is 247. The fraction of sp³-hybridized carbons (Fsp3) is 0.444. The van der Waals surface area contributed by atoms with Crippen molar-refractivity contribution in [1.29, 1.82) is 0 Å². The quantitative estimate of drug-likeness (QED) is 0.428. The molecule has 2 aliphatic carbocycles. The molecule has 0 saturated carbocycles. The summed E-state index contributed by atoms with van der Waals surface area (Å²) in [6.45, 7) is 4.49. The molecule has 0 bridgehead atoms. The molecule has 0 fully saturated rings. The average molecular weight is 118 g/mol. The number of hydrogen-bond acceptors (Lipinski definition) is 0. The summed E-state index contributed by atoms with van der Waals surface area (Å²) in [6.07, 6.45) is 3.36. The molecule has 0 nitrogen and oxygen atoms in total. The normalized spacial score (nSPS) is 30.0. The molecular weight excluding hydrogens is 108 g/mol. The first-order valence-corrected chi connectivity index (χ1v) is 3.46. The third-order valence-electron chi connectivity index (χ3n) is 2.23. The van der Waals surface area contributed by atoms with Crippen molar-refractivity contribution in [3.05, 3.63) is 28.5 Å². The zero-order valence-electron chi connectivity index (χ0n) is 5.86. The van der Waals surface area contributed by atoms with Gasteiger partial charge in [0.25, 0.3) is 0 Å². The molecular formula is C9H10. The first-order valence-electron chi connectivity index (χ1n) is 3.46. The van der Waals surface area contributed by atoms with E-state index in [1.54, 1.807) is 5.57 Å². The van der Waals surface area contributed by atoms with E-state index in [-0.39, 0.29) is 0 Å². The van der Waals surface area contributed by atoms with Crippen LogP contribution in [0.2, 0.25) is 0 Å². The van der Waals surface area contributed by atoms with E-state index in [1.807, 2.05) is 0 Å². The van der Waals surface area contributed by atoms with Gasteiger partial charge in [-0.25, -0.2) is 0 Å². The van der Waals surface area contributed by atoms with E-state index >= 15 is 0 Å². The highest BCUT2D eigenvalue weighted by molar-refractivity contribution is 5.55. The van der Waals surface area contributed by atoms with Crippen LogP contribution in [0.3, 0.4) is 0 Å². The summed E-state index contributed by atoms with van der Waals surface area (Å²) < 4.78 is 0. The highest BCUT2D eigenvalue weighted by Crippen LogP contribution is 2.39. The summed E-state index contributed by atoms with van der Waals surface area (Å²) in [7, 11) is 0. The Morgan fingerprint density at radius 1 is 1.67 bits per heavy atom. The topological polar surface area (TPSA) is 0 Å². The highest BCUT2D eigenvalue weighted by Gasteiger charge is 2.25. The van der Waals surface area contributed by atoms with E-state index < -0.39 is 0 Å². The number of allylic oxidation sites excluding steroid dienone is 3. The Hall–Kier alpha value is -0.740. The van der Waals surface area contributed by atoms with Crippen LogP contribution in [0.1, 0.15) is 20.3 Å². The van der Waals surface area contributed by atoms with Gasteiger partial charge in [-0.05, 0) is 30.9 Å².